The average Bonchev–Trinajstić information content (AvgIpc) is 3.28. The molecule has 1 N–H and O–H groups in total. The third-order valence-electron chi connectivity index (χ3n) is 9.12. The van der Waals surface area contributed by atoms with Crippen LogP contribution in [0.5, 0.6) is 5.75 Å². The Morgan fingerprint density at radius 1 is 0.976 bits per heavy atom. The van der Waals surface area contributed by atoms with Gasteiger partial charge in [-0.05, 0) is 36.3 Å². The van der Waals surface area contributed by atoms with E-state index in [-0.39, 0.29) is 42.4 Å². The first kappa shape index (κ1) is 28.2. The number of aromatic hydroxyl groups is 1. The average molecular weight is 658 g/mol. The number of allylic oxidation sites excluding steroid dienone is 3. The van der Waals surface area contributed by atoms with Gasteiger partial charge in [-0.3, -0.25) is 29.0 Å². The number of nitrogens with zero attached hydrogens (tertiary/aromatic N) is 2. The normalized spacial score (nSPS) is 32.5. The van der Waals surface area contributed by atoms with Crippen molar-refractivity contribution < 1.29 is 24.3 Å². The van der Waals surface area contributed by atoms with E-state index >= 15 is 0 Å². The van der Waals surface area contributed by atoms with Crippen molar-refractivity contribution in [3.05, 3.63) is 89.5 Å². The standard InChI is InChI=1S/C31H27BrCl2N2O5/c1-2-7-18-10-6-11-21(25(18)37)24-19-12-13-20-23(27(39)35(26(20)38)15-17-8-4-3-5-9-17)22(19)14-30(33)28(40)36(16-32)29(41)31(24,30)34/h2-6,8-12,20,22-24,37H,1,7,13-16H2/t20-,22+,23-,24+,30+,31-/m0/s1. The molecule has 0 spiro atoms. The fourth-order valence-corrected chi connectivity index (χ4v) is 8.67. The van der Waals surface area contributed by atoms with Gasteiger partial charge in [-0.2, -0.15) is 0 Å². The molecule has 2 aliphatic heterocycles. The van der Waals surface area contributed by atoms with Crippen molar-refractivity contribution in [3.63, 3.8) is 0 Å². The van der Waals surface area contributed by atoms with Crippen molar-refractivity contribution in [3.8, 4) is 5.75 Å². The molecule has 2 aromatic rings. The van der Waals surface area contributed by atoms with Crippen molar-refractivity contribution >= 4 is 62.8 Å². The zero-order chi connectivity index (χ0) is 29.3. The van der Waals surface area contributed by atoms with Crippen LogP contribution in [0.1, 0.15) is 35.4 Å². The number of likely N-dealkylation sites (tertiary alicyclic amines) is 2. The second-order valence-corrected chi connectivity index (χ2v) is 12.8. The maximum absolute atomic E-state index is 14.0. The lowest BCUT2D eigenvalue weighted by Crippen LogP contribution is -2.60. The number of phenols is 1. The van der Waals surface area contributed by atoms with Crippen LogP contribution < -0.4 is 0 Å². The molecular formula is C31H27BrCl2N2O5. The van der Waals surface area contributed by atoms with Crippen LogP contribution in [0.15, 0.2) is 72.8 Å². The molecule has 0 bridgehead atoms. The number of fused-ring (bicyclic) bond motifs is 4. The van der Waals surface area contributed by atoms with Gasteiger partial charge in [0.25, 0.3) is 11.8 Å². The summed E-state index contributed by atoms with van der Waals surface area (Å²) in [6.07, 6.45) is 4.05. The quantitative estimate of drug-likeness (QED) is 0.204. The highest BCUT2D eigenvalue weighted by molar-refractivity contribution is 9.09. The third kappa shape index (κ3) is 3.83. The predicted octanol–water partition coefficient (Wildman–Crippen LogP) is 5.03. The molecule has 0 radical (unpaired) electrons. The summed E-state index contributed by atoms with van der Waals surface area (Å²) in [5.74, 6) is -5.07. The number of rotatable bonds is 6. The Hall–Kier alpha value is -2.94. The molecule has 0 aromatic heterocycles. The van der Waals surface area contributed by atoms with E-state index in [0.29, 0.717) is 23.1 Å². The van der Waals surface area contributed by atoms with Crippen molar-refractivity contribution in [2.75, 3.05) is 5.45 Å². The van der Waals surface area contributed by atoms with E-state index < -0.39 is 45.2 Å². The van der Waals surface area contributed by atoms with Gasteiger partial charge in [0.1, 0.15) is 5.75 Å². The molecule has 0 unspecified atom stereocenters. The lowest BCUT2D eigenvalue weighted by Gasteiger charge is -2.50. The molecule has 2 aromatic carbocycles. The SMILES string of the molecule is C=CCc1cccc([C@H]2C3=CC[C@@H]4C(=O)N(Cc5ccccc5)C(=O)[C@@H]4[C@@H]3C[C@@]3(Cl)C(=O)N(CBr)C(=O)[C@@]23Cl)c1O. The Bertz CT molecular complexity index is 1530. The topological polar surface area (TPSA) is 95.0 Å². The fourth-order valence-electron chi connectivity index (χ4n) is 7.25. The van der Waals surface area contributed by atoms with Gasteiger partial charge in [0.05, 0.1) is 23.8 Å². The molecule has 2 aliphatic carbocycles. The number of imide groups is 2. The Labute approximate surface area is 255 Å². The summed E-state index contributed by atoms with van der Waals surface area (Å²) in [5.41, 5.74) is 2.27. The Kier molecular flexibility index (Phi) is 6.95. The highest BCUT2D eigenvalue weighted by Crippen LogP contribution is 2.66. The predicted molar refractivity (Wildman–Crippen MR) is 157 cm³/mol. The van der Waals surface area contributed by atoms with Crippen LogP contribution in [0.4, 0.5) is 0 Å². The molecule has 2 saturated heterocycles. The van der Waals surface area contributed by atoms with Crippen LogP contribution in [0.3, 0.4) is 0 Å². The molecule has 7 nitrogen and oxygen atoms in total. The molecule has 6 atom stereocenters. The molecule has 3 fully saturated rings. The van der Waals surface area contributed by atoms with Crippen molar-refractivity contribution in [2.24, 2.45) is 17.8 Å². The number of hydrogen-bond acceptors (Lipinski definition) is 5. The van der Waals surface area contributed by atoms with Gasteiger partial charge in [0, 0.05) is 11.5 Å². The fraction of sp³-hybridized carbons (Fsp3) is 0.355. The number of carbonyl (C=O) groups is 4. The highest BCUT2D eigenvalue weighted by atomic mass is 79.9. The largest absolute Gasteiger partial charge is 0.507 e. The lowest BCUT2D eigenvalue weighted by atomic mass is 9.56. The molecule has 4 amide bonds. The minimum atomic E-state index is -1.96. The third-order valence-corrected chi connectivity index (χ3v) is 11.0. The van der Waals surface area contributed by atoms with Gasteiger partial charge in [-0.15, -0.1) is 29.8 Å². The van der Waals surface area contributed by atoms with Gasteiger partial charge in [-0.1, -0.05) is 82.2 Å². The Morgan fingerprint density at radius 2 is 1.71 bits per heavy atom. The van der Waals surface area contributed by atoms with Crippen LogP contribution in [0.25, 0.3) is 0 Å². The van der Waals surface area contributed by atoms with Gasteiger partial charge >= 0.3 is 0 Å². The minimum absolute atomic E-state index is 0.0721. The van der Waals surface area contributed by atoms with Crippen LogP contribution in [-0.2, 0) is 32.1 Å². The molecule has 1 saturated carbocycles. The van der Waals surface area contributed by atoms with Crippen LogP contribution in [0.2, 0.25) is 0 Å². The number of carbonyl (C=O) groups excluding carboxylic acids is 4. The van der Waals surface area contributed by atoms with Crippen LogP contribution in [0, 0.1) is 17.8 Å². The van der Waals surface area contributed by atoms with Gasteiger partial charge in [-0.25, -0.2) is 0 Å². The highest BCUT2D eigenvalue weighted by Gasteiger charge is 2.76. The molecule has 6 rings (SSSR count). The van der Waals surface area contributed by atoms with Gasteiger partial charge in [0.2, 0.25) is 11.8 Å². The molecule has 2 heterocycles. The zero-order valence-corrected chi connectivity index (χ0v) is 25.0. The van der Waals surface area contributed by atoms with E-state index in [1.807, 2.05) is 36.4 Å². The van der Waals surface area contributed by atoms with E-state index in [4.69, 9.17) is 23.2 Å². The maximum Gasteiger partial charge on any atom is 0.254 e. The number of para-hydroxylation sites is 1. The zero-order valence-electron chi connectivity index (χ0n) is 21.9. The molecule has 212 valence electrons. The summed E-state index contributed by atoms with van der Waals surface area (Å²) in [6.45, 7) is 3.90. The first-order valence-electron chi connectivity index (χ1n) is 13.4. The van der Waals surface area contributed by atoms with Crippen LogP contribution >= 0.6 is 39.1 Å². The molecular weight excluding hydrogens is 631 g/mol. The summed E-state index contributed by atoms with van der Waals surface area (Å²) >= 11 is 17.7. The molecule has 10 heteroatoms. The summed E-state index contributed by atoms with van der Waals surface area (Å²) in [6, 6.07) is 14.4. The minimum Gasteiger partial charge on any atom is -0.507 e. The number of amides is 4. The molecule has 41 heavy (non-hydrogen) atoms. The lowest BCUT2D eigenvalue weighted by molar-refractivity contribution is -0.141. The first-order chi connectivity index (χ1) is 19.6. The van der Waals surface area contributed by atoms with Crippen molar-refractivity contribution in [2.45, 2.75) is 41.5 Å². The maximum atomic E-state index is 14.0. The van der Waals surface area contributed by atoms with Crippen molar-refractivity contribution in [1.82, 2.24) is 9.80 Å². The monoisotopic (exact) mass is 656 g/mol. The Morgan fingerprint density at radius 3 is 2.39 bits per heavy atom. The number of benzene rings is 2. The number of phenolic OH excluding ortho intramolecular Hbond substituents is 1. The summed E-state index contributed by atoms with van der Waals surface area (Å²) in [4.78, 5) is 53.6. The number of halogens is 3. The molecule has 4 aliphatic rings. The second-order valence-electron chi connectivity index (χ2n) is 11.1. The Balaban J connectivity index is 1.50. The van der Waals surface area contributed by atoms with Gasteiger partial charge < -0.3 is 5.11 Å². The summed E-state index contributed by atoms with van der Waals surface area (Å²) in [5, 5.41) is 11.4. The van der Waals surface area contributed by atoms with E-state index in [1.54, 1.807) is 24.3 Å². The van der Waals surface area contributed by atoms with E-state index in [1.165, 1.54) is 4.90 Å². The van der Waals surface area contributed by atoms with Crippen LogP contribution in [-0.4, -0.2) is 53.7 Å². The van der Waals surface area contributed by atoms with E-state index in [9.17, 15) is 24.3 Å². The number of alkyl halides is 3. The summed E-state index contributed by atoms with van der Waals surface area (Å²) < 4.78 is 0. The smallest absolute Gasteiger partial charge is 0.254 e. The first-order valence-corrected chi connectivity index (χ1v) is 15.3. The van der Waals surface area contributed by atoms with E-state index in [0.717, 1.165) is 10.5 Å². The van der Waals surface area contributed by atoms with Crippen molar-refractivity contribution in [1.29, 1.82) is 0 Å². The van der Waals surface area contributed by atoms with Gasteiger partial charge in [0.15, 0.2) is 9.75 Å². The summed E-state index contributed by atoms with van der Waals surface area (Å²) in [7, 11) is 0. The number of hydrogen-bond donors (Lipinski definition) is 1. The second kappa shape index (κ2) is 10.1. The van der Waals surface area contributed by atoms with E-state index in [2.05, 4.69) is 22.5 Å².